The summed E-state index contributed by atoms with van der Waals surface area (Å²) >= 11 is 0. The molecule has 0 unspecified atom stereocenters. The van der Waals surface area contributed by atoms with E-state index in [1.165, 1.54) is 23.1 Å². The van der Waals surface area contributed by atoms with Gasteiger partial charge in [-0.2, -0.15) is 0 Å². The predicted octanol–water partition coefficient (Wildman–Crippen LogP) is 3.55. The Hall–Kier alpha value is -3.98. The van der Waals surface area contributed by atoms with Gasteiger partial charge in [-0.3, -0.25) is 14.4 Å². The third kappa shape index (κ3) is 6.37. The number of hydrogen-bond acceptors (Lipinski definition) is 5. The SMILES string of the molecule is Cc1cccc(CN(C(=O)CN2C(=O)c3ccccc3S2(=O)=O)[C@H](Cc2ccccc2)C(=O)NCC(C)C)c1. The van der Waals surface area contributed by atoms with Crippen molar-refractivity contribution >= 4 is 27.7 Å². The number of carbonyl (C=O) groups is 3. The van der Waals surface area contributed by atoms with Crippen molar-refractivity contribution < 1.29 is 22.8 Å². The molecule has 1 N–H and O–H groups in total. The van der Waals surface area contributed by atoms with Gasteiger partial charge in [0.05, 0.1) is 5.56 Å². The van der Waals surface area contributed by atoms with Crippen LogP contribution in [-0.4, -0.2) is 54.5 Å². The second kappa shape index (κ2) is 11.8. The molecule has 3 amide bonds. The van der Waals surface area contributed by atoms with Gasteiger partial charge in [-0.1, -0.05) is 86.1 Å². The lowest BCUT2D eigenvalue weighted by molar-refractivity contribution is -0.141. The Labute approximate surface area is 229 Å². The van der Waals surface area contributed by atoms with Crippen LogP contribution in [0.15, 0.2) is 83.8 Å². The van der Waals surface area contributed by atoms with E-state index < -0.39 is 34.4 Å². The summed E-state index contributed by atoms with van der Waals surface area (Å²) in [5.74, 6) is -1.54. The standard InChI is InChI=1S/C30H33N3O5S/c1-21(2)18-31-29(35)26(17-23-11-5-4-6-12-23)32(19-24-13-9-10-22(3)16-24)28(34)20-33-30(36)25-14-7-8-15-27(25)39(33,37)38/h4-16,21,26H,17-20H2,1-3H3,(H,31,35)/t26-/m1/s1. The molecule has 9 heteroatoms. The average Bonchev–Trinajstić information content (AvgIpc) is 3.10. The van der Waals surface area contributed by atoms with Gasteiger partial charge in [-0.05, 0) is 36.1 Å². The lowest BCUT2D eigenvalue weighted by atomic mass is 10.0. The Kier molecular flexibility index (Phi) is 8.50. The van der Waals surface area contributed by atoms with Gasteiger partial charge < -0.3 is 10.2 Å². The zero-order valence-corrected chi connectivity index (χ0v) is 23.1. The first-order valence-corrected chi connectivity index (χ1v) is 14.3. The highest BCUT2D eigenvalue weighted by molar-refractivity contribution is 7.90. The van der Waals surface area contributed by atoms with Gasteiger partial charge in [0.25, 0.3) is 15.9 Å². The molecular weight excluding hydrogens is 514 g/mol. The molecule has 1 heterocycles. The molecule has 8 nitrogen and oxygen atoms in total. The van der Waals surface area contributed by atoms with Gasteiger partial charge in [0, 0.05) is 19.5 Å². The molecule has 0 aromatic heterocycles. The van der Waals surface area contributed by atoms with Crippen LogP contribution in [0.5, 0.6) is 0 Å². The molecule has 4 rings (SSSR count). The largest absolute Gasteiger partial charge is 0.354 e. The molecule has 0 bridgehead atoms. The predicted molar refractivity (Wildman–Crippen MR) is 148 cm³/mol. The Morgan fingerprint density at radius 1 is 0.923 bits per heavy atom. The maximum absolute atomic E-state index is 13.9. The Balaban J connectivity index is 1.71. The van der Waals surface area contributed by atoms with Crippen LogP contribution in [-0.2, 0) is 32.6 Å². The monoisotopic (exact) mass is 547 g/mol. The number of sulfonamides is 1. The summed E-state index contributed by atoms with van der Waals surface area (Å²) in [6.45, 7) is 5.67. The maximum atomic E-state index is 13.9. The lowest BCUT2D eigenvalue weighted by Crippen LogP contribution is -2.53. The van der Waals surface area contributed by atoms with E-state index in [9.17, 15) is 22.8 Å². The molecule has 3 aromatic rings. The molecule has 0 fully saturated rings. The Morgan fingerprint density at radius 2 is 1.59 bits per heavy atom. The van der Waals surface area contributed by atoms with Crippen LogP contribution >= 0.6 is 0 Å². The van der Waals surface area contributed by atoms with E-state index in [0.29, 0.717) is 10.8 Å². The second-order valence-electron chi connectivity index (χ2n) is 10.2. The van der Waals surface area contributed by atoms with Crippen LogP contribution in [0.3, 0.4) is 0 Å². The van der Waals surface area contributed by atoms with E-state index in [0.717, 1.165) is 16.7 Å². The number of benzene rings is 3. The zero-order valence-electron chi connectivity index (χ0n) is 22.3. The van der Waals surface area contributed by atoms with Crippen molar-refractivity contribution in [1.82, 2.24) is 14.5 Å². The summed E-state index contributed by atoms with van der Waals surface area (Å²) in [4.78, 5) is 41.8. The topological polar surface area (TPSA) is 104 Å². The Morgan fingerprint density at radius 3 is 2.26 bits per heavy atom. The van der Waals surface area contributed by atoms with E-state index in [1.807, 2.05) is 75.4 Å². The van der Waals surface area contributed by atoms with Crippen molar-refractivity contribution in [2.45, 2.75) is 44.7 Å². The first kappa shape index (κ1) is 28.0. The van der Waals surface area contributed by atoms with Gasteiger partial charge in [-0.25, -0.2) is 12.7 Å². The first-order chi connectivity index (χ1) is 18.6. The van der Waals surface area contributed by atoms with E-state index in [-0.39, 0.29) is 35.2 Å². The molecular formula is C30H33N3O5S. The van der Waals surface area contributed by atoms with E-state index >= 15 is 0 Å². The lowest BCUT2D eigenvalue weighted by Gasteiger charge is -2.32. The summed E-state index contributed by atoms with van der Waals surface area (Å²) in [5, 5.41) is 2.94. The van der Waals surface area contributed by atoms with Crippen LogP contribution in [0.4, 0.5) is 0 Å². The van der Waals surface area contributed by atoms with E-state index in [1.54, 1.807) is 6.07 Å². The normalized spacial score (nSPS) is 14.7. The zero-order chi connectivity index (χ0) is 28.2. The summed E-state index contributed by atoms with van der Waals surface area (Å²) < 4.78 is 27.0. The van der Waals surface area contributed by atoms with Crippen LogP contribution in [0.25, 0.3) is 0 Å². The number of nitrogens with one attached hydrogen (secondary N) is 1. The third-order valence-corrected chi connectivity index (χ3v) is 8.37. The minimum absolute atomic E-state index is 0.0334. The van der Waals surface area contributed by atoms with Crippen molar-refractivity contribution in [3.05, 3.63) is 101 Å². The number of rotatable bonds is 10. The summed E-state index contributed by atoms with van der Waals surface area (Å²) in [6.07, 6.45) is 0.225. The van der Waals surface area contributed by atoms with Gasteiger partial charge in [0.15, 0.2) is 0 Å². The van der Waals surface area contributed by atoms with Gasteiger partial charge >= 0.3 is 0 Å². The number of hydrogen-bond donors (Lipinski definition) is 1. The van der Waals surface area contributed by atoms with Gasteiger partial charge in [-0.15, -0.1) is 0 Å². The van der Waals surface area contributed by atoms with Crippen LogP contribution in [0, 0.1) is 12.8 Å². The highest BCUT2D eigenvalue weighted by Gasteiger charge is 2.43. The third-order valence-electron chi connectivity index (χ3n) is 6.58. The van der Waals surface area contributed by atoms with Crippen molar-refractivity contribution in [3.8, 4) is 0 Å². The molecule has 0 radical (unpaired) electrons. The smallest absolute Gasteiger partial charge is 0.269 e. The van der Waals surface area contributed by atoms with Crippen molar-refractivity contribution in [3.63, 3.8) is 0 Å². The molecule has 3 aromatic carbocycles. The molecule has 1 aliphatic rings. The fourth-order valence-electron chi connectivity index (χ4n) is 4.58. The molecule has 39 heavy (non-hydrogen) atoms. The second-order valence-corrected chi connectivity index (χ2v) is 12.0. The number of aryl methyl sites for hydroxylation is 1. The highest BCUT2D eigenvalue weighted by Crippen LogP contribution is 2.30. The summed E-state index contributed by atoms with van der Waals surface area (Å²) in [7, 11) is -4.19. The first-order valence-electron chi connectivity index (χ1n) is 12.9. The van der Waals surface area contributed by atoms with Gasteiger partial charge in [0.2, 0.25) is 11.8 Å². The van der Waals surface area contributed by atoms with Crippen LogP contribution in [0.2, 0.25) is 0 Å². The van der Waals surface area contributed by atoms with E-state index in [2.05, 4.69) is 5.32 Å². The quantitative estimate of drug-likeness (QED) is 0.418. The summed E-state index contributed by atoms with van der Waals surface area (Å²) in [5.41, 5.74) is 2.65. The minimum Gasteiger partial charge on any atom is -0.354 e. The van der Waals surface area contributed by atoms with Crippen molar-refractivity contribution in [1.29, 1.82) is 0 Å². The van der Waals surface area contributed by atoms with Crippen molar-refractivity contribution in [2.75, 3.05) is 13.1 Å². The number of nitrogens with zero attached hydrogens (tertiary/aromatic N) is 2. The van der Waals surface area contributed by atoms with Crippen LogP contribution < -0.4 is 5.32 Å². The average molecular weight is 548 g/mol. The fourth-order valence-corrected chi connectivity index (χ4v) is 6.10. The summed E-state index contributed by atoms with van der Waals surface area (Å²) in [6, 6.07) is 21.9. The minimum atomic E-state index is -4.19. The van der Waals surface area contributed by atoms with E-state index in [4.69, 9.17) is 0 Å². The molecule has 0 saturated carbocycles. The van der Waals surface area contributed by atoms with Crippen molar-refractivity contribution in [2.24, 2.45) is 5.92 Å². The molecule has 0 aliphatic carbocycles. The van der Waals surface area contributed by atoms with Gasteiger partial charge in [0.1, 0.15) is 17.5 Å². The molecule has 0 spiro atoms. The number of fused-ring (bicyclic) bond motifs is 1. The maximum Gasteiger partial charge on any atom is 0.269 e. The highest BCUT2D eigenvalue weighted by atomic mass is 32.2. The van der Waals surface area contributed by atoms with Crippen LogP contribution in [0.1, 0.15) is 40.9 Å². The molecule has 0 saturated heterocycles. The Bertz CT molecular complexity index is 1470. The molecule has 1 atom stereocenters. The number of amides is 3. The number of carbonyl (C=O) groups excluding carboxylic acids is 3. The molecule has 1 aliphatic heterocycles. The molecule has 204 valence electrons. The fraction of sp³-hybridized carbons (Fsp3) is 0.300.